The van der Waals surface area contributed by atoms with Crippen molar-refractivity contribution in [2.75, 3.05) is 27.4 Å². The van der Waals surface area contributed by atoms with E-state index in [0.29, 0.717) is 13.2 Å². The molecule has 15 heavy (non-hydrogen) atoms. The molecular formula is C10H22O5. The number of rotatable bonds is 5. The Labute approximate surface area is 91.3 Å². The minimum Gasteiger partial charge on any atom is -0.463 e. The largest absolute Gasteiger partial charge is 0.463 e. The van der Waals surface area contributed by atoms with Gasteiger partial charge in [0.15, 0.2) is 0 Å². The molecule has 0 amide bonds. The van der Waals surface area contributed by atoms with E-state index >= 15 is 0 Å². The zero-order chi connectivity index (χ0) is 12.3. The third-order valence-electron chi connectivity index (χ3n) is 1.33. The molecule has 0 saturated heterocycles. The summed E-state index contributed by atoms with van der Waals surface area (Å²) in [7, 11) is 3.14. The minimum absolute atomic E-state index is 0.00565. The number of hydrogen-bond donors (Lipinski definition) is 1. The lowest BCUT2D eigenvalue weighted by molar-refractivity contribution is -0.144. The molecule has 92 valence electrons. The lowest BCUT2D eigenvalue weighted by Crippen LogP contribution is -2.15. The fourth-order valence-corrected chi connectivity index (χ4v) is 0.544. The van der Waals surface area contributed by atoms with Gasteiger partial charge in [-0.15, -0.1) is 0 Å². The second-order valence-corrected chi connectivity index (χ2v) is 3.15. The van der Waals surface area contributed by atoms with Gasteiger partial charge < -0.3 is 19.3 Å². The monoisotopic (exact) mass is 222 g/mol. The highest BCUT2D eigenvalue weighted by atomic mass is 16.6. The van der Waals surface area contributed by atoms with Gasteiger partial charge in [-0.05, 0) is 13.8 Å². The van der Waals surface area contributed by atoms with Gasteiger partial charge in [0.25, 0.3) is 0 Å². The maximum atomic E-state index is 10.2. The van der Waals surface area contributed by atoms with Gasteiger partial charge in [-0.1, -0.05) is 0 Å². The fourth-order valence-electron chi connectivity index (χ4n) is 0.544. The van der Waals surface area contributed by atoms with Crippen LogP contribution in [0.1, 0.15) is 20.8 Å². The summed E-state index contributed by atoms with van der Waals surface area (Å²) in [6.07, 6.45) is -0.330. The Morgan fingerprint density at radius 3 is 2.00 bits per heavy atom. The summed E-state index contributed by atoms with van der Waals surface area (Å²) < 4.78 is 14.0. The first-order chi connectivity index (χ1) is 6.93. The highest BCUT2D eigenvalue weighted by Gasteiger charge is 1.99. The molecule has 0 rings (SSSR count). The van der Waals surface area contributed by atoms with Crippen LogP contribution in [0.5, 0.6) is 0 Å². The zero-order valence-corrected chi connectivity index (χ0v) is 10.1. The molecule has 0 bridgehead atoms. The van der Waals surface area contributed by atoms with Gasteiger partial charge in [-0.25, -0.2) is 0 Å². The van der Waals surface area contributed by atoms with E-state index in [1.807, 2.05) is 6.92 Å². The number of esters is 1. The van der Waals surface area contributed by atoms with Gasteiger partial charge in [0.05, 0.1) is 18.8 Å². The van der Waals surface area contributed by atoms with Crippen LogP contribution in [0.15, 0.2) is 0 Å². The summed E-state index contributed by atoms with van der Waals surface area (Å²) >= 11 is 0. The highest BCUT2D eigenvalue weighted by molar-refractivity contribution is 5.65. The lowest BCUT2D eigenvalue weighted by Gasteiger charge is -2.07. The van der Waals surface area contributed by atoms with E-state index in [4.69, 9.17) is 9.84 Å². The van der Waals surface area contributed by atoms with Crippen LogP contribution < -0.4 is 0 Å². The predicted octanol–water partition coefficient (Wildman–Crippen LogP) is 0.598. The second kappa shape index (κ2) is 11.4. The average molecular weight is 222 g/mol. The van der Waals surface area contributed by atoms with Crippen LogP contribution in [0.2, 0.25) is 0 Å². The van der Waals surface area contributed by atoms with E-state index in [2.05, 4.69) is 9.47 Å². The first kappa shape index (κ1) is 16.8. The third kappa shape index (κ3) is 19.7. The van der Waals surface area contributed by atoms with Gasteiger partial charge in [0.1, 0.15) is 6.61 Å². The number of aliphatic hydroxyl groups is 1. The predicted molar refractivity (Wildman–Crippen MR) is 56.7 cm³/mol. The van der Waals surface area contributed by atoms with Crippen LogP contribution in [-0.2, 0) is 19.0 Å². The maximum absolute atomic E-state index is 10.2. The smallest absolute Gasteiger partial charge is 0.302 e. The molecule has 0 aliphatic rings. The third-order valence-corrected chi connectivity index (χ3v) is 1.33. The molecule has 0 aromatic rings. The van der Waals surface area contributed by atoms with Crippen LogP contribution in [0, 0.1) is 0 Å². The normalized spacial score (nSPS) is 13.5. The van der Waals surface area contributed by atoms with E-state index in [0.717, 1.165) is 0 Å². The molecule has 1 N–H and O–H groups in total. The number of carbonyl (C=O) groups excluding carboxylic acids is 1. The molecule has 5 nitrogen and oxygen atoms in total. The highest BCUT2D eigenvalue weighted by Crippen LogP contribution is 1.88. The molecule has 0 radical (unpaired) electrons. The number of carbonyl (C=O) groups is 1. The van der Waals surface area contributed by atoms with Crippen molar-refractivity contribution in [3.05, 3.63) is 0 Å². The summed E-state index contributed by atoms with van der Waals surface area (Å²) in [6, 6.07) is 0. The molecule has 2 unspecified atom stereocenters. The first-order valence-electron chi connectivity index (χ1n) is 4.77. The lowest BCUT2D eigenvalue weighted by atomic mass is 10.4. The molecule has 2 atom stereocenters. The Morgan fingerprint density at radius 2 is 1.80 bits per heavy atom. The van der Waals surface area contributed by atoms with Gasteiger partial charge in [-0.2, -0.15) is 0 Å². The molecule has 0 heterocycles. The SMILES string of the molecule is COC(C)COC(C)=O.COCC(C)O. The zero-order valence-electron chi connectivity index (χ0n) is 10.1. The van der Waals surface area contributed by atoms with Crippen LogP contribution >= 0.6 is 0 Å². The van der Waals surface area contributed by atoms with Crippen molar-refractivity contribution >= 4 is 5.97 Å². The summed E-state index contributed by atoms with van der Waals surface area (Å²) in [4.78, 5) is 10.2. The van der Waals surface area contributed by atoms with E-state index < -0.39 is 0 Å². The Morgan fingerprint density at radius 1 is 1.27 bits per heavy atom. The number of hydrogen-bond acceptors (Lipinski definition) is 5. The number of ether oxygens (including phenoxy) is 3. The summed E-state index contributed by atoms with van der Waals surface area (Å²) in [5.74, 6) is -0.265. The van der Waals surface area contributed by atoms with E-state index in [1.165, 1.54) is 6.92 Å². The molecule has 0 aliphatic heterocycles. The Balaban J connectivity index is 0. The van der Waals surface area contributed by atoms with Crippen molar-refractivity contribution in [2.24, 2.45) is 0 Å². The molecule has 0 spiro atoms. The molecule has 5 heteroatoms. The molecule has 0 aromatic heterocycles. The van der Waals surface area contributed by atoms with Crippen molar-refractivity contribution < 1.29 is 24.1 Å². The summed E-state index contributed by atoms with van der Waals surface area (Å²) in [5, 5.41) is 8.43. The Bertz CT molecular complexity index is 147. The quantitative estimate of drug-likeness (QED) is 0.690. The topological polar surface area (TPSA) is 65.0 Å². The fraction of sp³-hybridized carbons (Fsp3) is 0.900. The number of methoxy groups -OCH3 is 2. The van der Waals surface area contributed by atoms with Crippen molar-refractivity contribution in [1.82, 2.24) is 0 Å². The Kier molecular flexibility index (Phi) is 12.8. The van der Waals surface area contributed by atoms with Crippen molar-refractivity contribution in [3.63, 3.8) is 0 Å². The number of aliphatic hydroxyl groups excluding tert-OH is 1. The van der Waals surface area contributed by atoms with E-state index in [1.54, 1.807) is 21.1 Å². The van der Waals surface area contributed by atoms with Gasteiger partial charge >= 0.3 is 5.97 Å². The maximum Gasteiger partial charge on any atom is 0.302 e. The molecular weight excluding hydrogens is 200 g/mol. The van der Waals surface area contributed by atoms with Gasteiger partial charge in [0.2, 0.25) is 0 Å². The van der Waals surface area contributed by atoms with Crippen molar-refractivity contribution in [3.8, 4) is 0 Å². The van der Waals surface area contributed by atoms with Crippen LogP contribution in [0.3, 0.4) is 0 Å². The van der Waals surface area contributed by atoms with E-state index in [9.17, 15) is 4.79 Å². The van der Waals surface area contributed by atoms with E-state index in [-0.39, 0.29) is 18.2 Å². The summed E-state index contributed by atoms with van der Waals surface area (Å²) in [6.45, 7) is 5.67. The second-order valence-electron chi connectivity index (χ2n) is 3.15. The molecule has 0 saturated carbocycles. The van der Waals surface area contributed by atoms with Crippen molar-refractivity contribution in [1.29, 1.82) is 0 Å². The molecule has 0 fully saturated rings. The van der Waals surface area contributed by atoms with Gasteiger partial charge in [-0.3, -0.25) is 4.79 Å². The minimum atomic E-state index is -0.324. The first-order valence-corrected chi connectivity index (χ1v) is 4.77. The van der Waals surface area contributed by atoms with Gasteiger partial charge in [0, 0.05) is 21.1 Å². The van der Waals surface area contributed by atoms with Crippen LogP contribution in [-0.4, -0.2) is 50.7 Å². The van der Waals surface area contributed by atoms with Crippen LogP contribution in [0.25, 0.3) is 0 Å². The molecule has 0 aromatic carbocycles. The standard InChI is InChI=1S/C6H12O3.C4H10O2/c1-5(8-3)4-9-6(2)7;1-4(5)3-6-2/h5H,4H2,1-3H3;4-5H,3H2,1-2H3. The Hall–Kier alpha value is -0.650. The van der Waals surface area contributed by atoms with Crippen LogP contribution in [0.4, 0.5) is 0 Å². The molecule has 0 aliphatic carbocycles. The summed E-state index contributed by atoms with van der Waals surface area (Å²) in [5.41, 5.74) is 0. The average Bonchev–Trinajstić information content (AvgIpc) is 2.14. The van der Waals surface area contributed by atoms with Crippen molar-refractivity contribution in [2.45, 2.75) is 33.0 Å².